The fraction of sp³-hybridized carbons (Fsp3) is 0.360. The van der Waals surface area contributed by atoms with E-state index in [1.807, 2.05) is 0 Å². The lowest BCUT2D eigenvalue weighted by molar-refractivity contribution is -0.258. The van der Waals surface area contributed by atoms with E-state index in [0.717, 1.165) is 31.6 Å². The van der Waals surface area contributed by atoms with E-state index in [1.54, 1.807) is 36.1 Å². The lowest BCUT2D eigenvalue weighted by Gasteiger charge is -2.28. The summed E-state index contributed by atoms with van der Waals surface area (Å²) in [6.07, 6.45) is 1.55. The van der Waals surface area contributed by atoms with Gasteiger partial charge in [0.05, 0.1) is 5.52 Å². The van der Waals surface area contributed by atoms with Gasteiger partial charge in [0.15, 0.2) is 11.3 Å². The zero-order chi connectivity index (χ0) is 26.4. The van der Waals surface area contributed by atoms with Gasteiger partial charge in [-0.15, -0.1) is 0 Å². The number of aromatic nitrogens is 4. The Morgan fingerprint density at radius 3 is 2.76 bits per heavy atom. The number of nitrogens with one attached hydrogen (secondary N) is 1. The summed E-state index contributed by atoms with van der Waals surface area (Å²) in [4.78, 5) is 21.2. The first-order valence-electron chi connectivity index (χ1n) is 11.7. The summed E-state index contributed by atoms with van der Waals surface area (Å²) in [5, 5.41) is 17.8. The largest absolute Gasteiger partial charge is 0.444 e. The number of carbonyl (C=O) groups excluding carboxylic acids is 1. The molecule has 1 saturated heterocycles. The fourth-order valence-corrected chi connectivity index (χ4v) is 4.21. The minimum absolute atomic E-state index is 0.145. The first-order valence-corrected chi connectivity index (χ1v) is 11.7. The van der Waals surface area contributed by atoms with Gasteiger partial charge in [-0.25, -0.2) is 9.67 Å². The third-order valence-electron chi connectivity index (χ3n) is 6.32. The minimum atomic E-state index is -5.02. The molecule has 5 rings (SSSR count). The Bertz CT molecular complexity index is 1450. The summed E-state index contributed by atoms with van der Waals surface area (Å²) in [6.45, 7) is 2.98. The van der Waals surface area contributed by atoms with E-state index in [-0.39, 0.29) is 29.0 Å². The zero-order valence-corrected chi connectivity index (χ0v) is 20.0. The Morgan fingerprint density at radius 1 is 1.24 bits per heavy atom. The molecule has 2 N–H and O–H groups in total. The molecular formula is C25H24F3N5O4. The number of aryl methyl sites for hydroxylation is 1. The quantitative estimate of drug-likeness (QED) is 0.379. The zero-order valence-electron chi connectivity index (χ0n) is 20.0. The Balaban J connectivity index is 1.51. The molecule has 4 aromatic rings. The highest BCUT2D eigenvalue weighted by molar-refractivity contribution is 6.04. The van der Waals surface area contributed by atoms with Gasteiger partial charge in [0.2, 0.25) is 5.89 Å². The van der Waals surface area contributed by atoms with E-state index >= 15 is 0 Å². The normalized spacial score (nSPS) is 18.1. The molecule has 2 atom stereocenters. The number of hydrogen-bond donors (Lipinski definition) is 2. The number of amides is 1. The predicted octanol–water partition coefficient (Wildman–Crippen LogP) is 5.12. The second kappa shape index (κ2) is 9.27. The molecule has 0 aliphatic carbocycles. The Morgan fingerprint density at radius 2 is 2.05 bits per heavy atom. The molecule has 1 aromatic carbocycles. The number of alkyl halides is 3. The molecule has 1 amide bonds. The number of oxazole rings is 1. The molecule has 9 nitrogen and oxygen atoms in total. The summed E-state index contributed by atoms with van der Waals surface area (Å²) in [6, 6.07) is 5.85. The van der Waals surface area contributed by atoms with Crippen molar-refractivity contribution in [2.24, 2.45) is 0 Å². The summed E-state index contributed by atoms with van der Waals surface area (Å²) < 4.78 is 54.2. The summed E-state index contributed by atoms with van der Waals surface area (Å²) >= 11 is 0. The molecule has 37 heavy (non-hydrogen) atoms. The molecule has 1 aliphatic heterocycles. The van der Waals surface area contributed by atoms with Crippen LogP contribution in [0.15, 0.2) is 47.3 Å². The third kappa shape index (κ3) is 4.81. The highest BCUT2D eigenvalue weighted by Crippen LogP contribution is 2.43. The number of benzene rings is 1. The van der Waals surface area contributed by atoms with Gasteiger partial charge in [-0.3, -0.25) is 9.78 Å². The molecule has 3 aromatic heterocycles. The first kappa shape index (κ1) is 24.9. The van der Waals surface area contributed by atoms with E-state index in [0.29, 0.717) is 30.2 Å². The standard InChI is InChI=1S/C25H24F3N5O4/c1-14-9-15(6-7-29-14)23-31-20(13-37-23)22(34)30-19-10-16-12-33(21-5-3-4-8-36-21)32-18(16)11-17(19)24(2,35)25(26,27)28/h6-7,9-13,21,35H,3-5,8H2,1-2H3,(H,30,34). The number of fused-ring (bicyclic) bond motifs is 1. The van der Waals surface area contributed by atoms with Crippen molar-refractivity contribution >= 4 is 22.5 Å². The number of halogens is 3. The molecular weight excluding hydrogens is 491 g/mol. The Labute approximate surface area is 209 Å². The van der Waals surface area contributed by atoms with E-state index in [9.17, 15) is 23.1 Å². The van der Waals surface area contributed by atoms with Crippen molar-refractivity contribution in [2.45, 2.75) is 51.1 Å². The molecule has 0 saturated carbocycles. The molecule has 194 valence electrons. The van der Waals surface area contributed by atoms with Crippen LogP contribution in [-0.2, 0) is 10.3 Å². The van der Waals surface area contributed by atoms with Crippen LogP contribution in [0.5, 0.6) is 0 Å². The van der Waals surface area contributed by atoms with Crippen LogP contribution in [-0.4, -0.2) is 43.5 Å². The van der Waals surface area contributed by atoms with E-state index in [1.165, 1.54) is 6.07 Å². The maximum Gasteiger partial charge on any atom is 0.421 e. The van der Waals surface area contributed by atoms with Crippen LogP contribution in [0.1, 0.15) is 54.2 Å². The number of aliphatic hydroxyl groups is 1. The van der Waals surface area contributed by atoms with Gasteiger partial charge in [0, 0.05) is 46.9 Å². The highest BCUT2D eigenvalue weighted by atomic mass is 19.4. The topological polar surface area (TPSA) is 115 Å². The first-order chi connectivity index (χ1) is 17.5. The molecule has 4 heterocycles. The van der Waals surface area contributed by atoms with E-state index in [4.69, 9.17) is 9.15 Å². The van der Waals surface area contributed by atoms with Gasteiger partial charge >= 0.3 is 6.18 Å². The van der Waals surface area contributed by atoms with Gasteiger partial charge in [-0.2, -0.15) is 18.3 Å². The summed E-state index contributed by atoms with van der Waals surface area (Å²) in [5.41, 5.74) is -2.66. The molecule has 0 bridgehead atoms. The van der Waals surface area contributed by atoms with Crippen LogP contribution in [0, 0.1) is 6.92 Å². The summed E-state index contributed by atoms with van der Waals surface area (Å²) in [7, 11) is 0. The van der Waals surface area contributed by atoms with Crippen molar-refractivity contribution in [1.29, 1.82) is 0 Å². The number of hydrogen-bond acceptors (Lipinski definition) is 7. The van der Waals surface area contributed by atoms with Crippen molar-refractivity contribution in [3.63, 3.8) is 0 Å². The van der Waals surface area contributed by atoms with Crippen LogP contribution in [0.25, 0.3) is 22.4 Å². The Kier molecular flexibility index (Phi) is 6.24. The third-order valence-corrected chi connectivity index (χ3v) is 6.32. The average molecular weight is 515 g/mol. The van der Waals surface area contributed by atoms with Crippen molar-refractivity contribution in [3.8, 4) is 11.5 Å². The fourth-order valence-electron chi connectivity index (χ4n) is 4.21. The predicted molar refractivity (Wildman–Crippen MR) is 127 cm³/mol. The van der Waals surface area contributed by atoms with Crippen LogP contribution < -0.4 is 5.32 Å². The van der Waals surface area contributed by atoms with Crippen LogP contribution in [0.4, 0.5) is 18.9 Å². The summed E-state index contributed by atoms with van der Waals surface area (Å²) in [5.74, 6) is -0.648. The van der Waals surface area contributed by atoms with E-state index < -0.39 is 23.2 Å². The number of carbonyl (C=O) groups is 1. The van der Waals surface area contributed by atoms with Gasteiger partial charge < -0.3 is 19.6 Å². The van der Waals surface area contributed by atoms with Crippen molar-refractivity contribution in [3.05, 3.63) is 59.9 Å². The maximum atomic E-state index is 13.8. The van der Waals surface area contributed by atoms with Crippen LogP contribution in [0.3, 0.4) is 0 Å². The lowest BCUT2D eigenvalue weighted by Crippen LogP contribution is -2.40. The van der Waals surface area contributed by atoms with Gasteiger partial charge in [-0.1, -0.05) is 0 Å². The van der Waals surface area contributed by atoms with Crippen LogP contribution in [0.2, 0.25) is 0 Å². The number of anilines is 1. The molecule has 2 unspecified atom stereocenters. The van der Waals surface area contributed by atoms with E-state index in [2.05, 4.69) is 20.4 Å². The number of ether oxygens (including phenoxy) is 1. The molecule has 0 spiro atoms. The highest BCUT2D eigenvalue weighted by Gasteiger charge is 2.52. The number of rotatable bonds is 5. The van der Waals surface area contributed by atoms with Crippen LogP contribution >= 0.6 is 0 Å². The monoisotopic (exact) mass is 515 g/mol. The van der Waals surface area contributed by atoms with Crippen molar-refractivity contribution in [2.75, 3.05) is 11.9 Å². The number of pyridine rings is 1. The number of nitrogens with zero attached hydrogens (tertiary/aromatic N) is 4. The average Bonchev–Trinajstić information content (AvgIpc) is 3.51. The molecule has 1 aliphatic rings. The van der Waals surface area contributed by atoms with Gasteiger partial charge in [0.1, 0.15) is 12.5 Å². The molecule has 1 fully saturated rings. The van der Waals surface area contributed by atoms with Crippen molar-refractivity contribution in [1.82, 2.24) is 19.7 Å². The maximum absolute atomic E-state index is 13.8. The van der Waals surface area contributed by atoms with Crippen molar-refractivity contribution < 1.29 is 32.2 Å². The van der Waals surface area contributed by atoms with Gasteiger partial charge in [0.25, 0.3) is 5.91 Å². The molecule has 0 radical (unpaired) electrons. The second-order valence-corrected chi connectivity index (χ2v) is 9.13. The van der Waals surface area contributed by atoms with Gasteiger partial charge in [-0.05, 0) is 57.4 Å². The lowest BCUT2D eigenvalue weighted by atomic mass is 9.92. The minimum Gasteiger partial charge on any atom is -0.444 e. The SMILES string of the molecule is Cc1cc(-c2nc(C(=O)Nc3cc4cn(C5CCCCO5)nc4cc3C(C)(O)C(F)(F)F)co2)ccn1. The smallest absolute Gasteiger partial charge is 0.421 e. The molecule has 12 heteroatoms. The Hall–Kier alpha value is -3.77. The second-order valence-electron chi connectivity index (χ2n) is 9.13.